The summed E-state index contributed by atoms with van der Waals surface area (Å²) >= 11 is 0. The highest BCUT2D eigenvalue weighted by molar-refractivity contribution is 5.64. The smallest absolute Gasteiger partial charge is 0.116 e. The fourth-order valence-electron chi connectivity index (χ4n) is 3.18. The lowest BCUT2D eigenvalue weighted by atomic mass is 9.87. The van der Waals surface area contributed by atoms with Gasteiger partial charge in [-0.25, -0.2) is 0 Å². The number of rotatable bonds is 4. The molecule has 1 heterocycles. The minimum Gasteiger partial charge on any atom is -0.468 e. The van der Waals surface area contributed by atoms with Crippen LogP contribution in [0.15, 0.2) is 119 Å². The van der Waals surface area contributed by atoms with Crippen LogP contribution in [0.5, 0.6) is 0 Å². The molecule has 0 aliphatic carbocycles. The highest BCUT2D eigenvalue weighted by Crippen LogP contribution is 2.33. The molecule has 0 saturated heterocycles. The van der Waals surface area contributed by atoms with E-state index in [-0.39, 0.29) is 5.92 Å². The Balaban J connectivity index is 1.85. The van der Waals surface area contributed by atoms with Crippen LogP contribution in [-0.4, -0.2) is 0 Å². The molecule has 134 valence electrons. The van der Waals surface area contributed by atoms with Crippen molar-refractivity contribution in [3.05, 3.63) is 137 Å². The van der Waals surface area contributed by atoms with Crippen LogP contribution >= 0.6 is 0 Å². The van der Waals surface area contributed by atoms with Gasteiger partial charge < -0.3 is 4.42 Å². The highest BCUT2D eigenvalue weighted by Gasteiger charge is 2.20. The third-order valence-electron chi connectivity index (χ3n) is 4.52. The normalized spacial score (nSPS) is 12.1. The Labute approximate surface area is 166 Å². The van der Waals surface area contributed by atoms with Crippen molar-refractivity contribution in [2.75, 3.05) is 0 Å². The number of hydrogen-bond acceptors (Lipinski definition) is 1. The van der Waals surface area contributed by atoms with Crippen LogP contribution in [0, 0.1) is 11.8 Å². The Morgan fingerprint density at radius 2 is 1.36 bits per heavy atom. The molecular formula is C27H20O. The van der Waals surface area contributed by atoms with E-state index in [0.29, 0.717) is 0 Å². The van der Waals surface area contributed by atoms with Crippen molar-refractivity contribution in [2.45, 2.75) is 5.92 Å². The third-order valence-corrected chi connectivity index (χ3v) is 4.52. The van der Waals surface area contributed by atoms with Crippen molar-refractivity contribution in [3.8, 4) is 11.8 Å². The first-order chi connectivity index (χ1) is 13.9. The first-order valence-electron chi connectivity index (χ1n) is 9.32. The molecule has 0 saturated carbocycles. The molecule has 0 fully saturated rings. The van der Waals surface area contributed by atoms with Crippen molar-refractivity contribution >= 4 is 6.08 Å². The first kappa shape index (κ1) is 17.6. The molecule has 1 atom stereocenters. The molecule has 1 heteroatoms. The summed E-state index contributed by atoms with van der Waals surface area (Å²) in [6.45, 7) is 0. The van der Waals surface area contributed by atoms with Crippen LogP contribution in [0.2, 0.25) is 0 Å². The summed E-state index contributed by atoms with van der Waals surface area (Å²) in [5, 5.41) is 0. The fraction of sp³-hybridized carbons (Fsp3) is 0.0370. The van der Waals surface area contributed by atoms with Crippen molar-refractivity contribution in [1.82, 2.24) is 0 Å². The van der Waals surface area contributed by atoms with Gasteiger partial charge in [0.25, 0.3) is 0 Å². The zero-order valence-corrected chi connectivity index (χ0v) is 15.5. The maximum Gasteiger partial charge on any atom is 0.116 e. The second-order valence-electron chi connectivity index (χ2n) is 6.49. The standard InChI is InChI=1S/C27H20O/c1-4-11-22(12-5-1)18-19-25(21-23-13-6-2-7-14-23)27(26-17-10-20-28-26)24-15-8-3-9-16-24/h1-17,20-21,27H/b25-21+. The van der Waals surface area contributed by atoms with Crippen LogP contribution < -0.4 is 0 Å². The zero-order valence-electron chi connectivity index (χ0n) is 15.5. The predicted molar refractivity (Wildman–Crippen MR) is 115 cm³/mol. The van der Waals surface area contributed by atoms with Crippen LogP contribution in [0.25, 0.3) is 6.08 Å². The van der Waals surface area contributed by atoms with Crippen molar-refractivity contribution in [3.63, 3.8) is 0 Å². The van der Waals surface area contributed by atoms with E-state index >= 15 is 0 Å². The maximum absolute atomic E-state index is 5.81. The number of allylic oxidation sites excluding steroid dienone is 1. The lowest BCUT2D eigenvalue weighted by Gasteiger charge is -2.16. The monoisotopic (exact) mass is 360 g/mol. The molecule has 0 aliphatic rings. The van der Waals surface area contributed by atoms with Gasteiger partial charge in [-0.05, 0) is 41.5 Å². The Bertz CT molecular complexity index is 1080. The molecule has 0 radical (unpaired) electrons. The predicted octanol–water partition coefficient (Wildman–Crippen LogP) is 6.55. The Hall–Kier alpha value is -3.76. The van der Waals surface area contributed by atoms with Gasteiger partial charge in [0.15, 0.2) is 0 Å². The summed E-state index contributed by atoms with van der Waals surface area (Å²) < 4.78 is 5.81. The minimum absolute atomic E-state index is 0.0624. The molecule has 3 aromatic carbocycles. The number of benzene rings is 3. The second-order valence-corrected chi connectivity index (χ2v) is 6.49. The van der Waals surface area contributed by atoms with Crippen LogP contribution in [0.4, 0.5) is 0 Å². The van der Waals surface area contributed by atoms with Crippen LogP contribution in [-0.2, 0) is 0 Å². The Kier molecular flexibility index (Phi) is 5.52. The van der Waals surface area contributed by atoms with Gasteiger partial charge in [-0.15, -0.1) is 0 Å². The van der Waals surface area contributed by atoms with Gasteiger partial charge in [0, 0.05) is 11.1 Å². The van der Waals surface area contributed by atoms with Gasteiger partial charge in [-0.1, -0.05) is 90.7 Å². The number of furan rings is 1. The molecule has 1 nitrogen and oxygen atoms in total. The molecule has 4 aromatic rings. The van der Waals surface area contributed by atoms with Gasteiger partial charge >= 0.3 is 0 Å². The van der Waals surface area contributed by atoms with E-state index in [1.807, 2.05) is 66.7 Å². The number of hydrogen-bond donors (Lipinski definition) is 0. The average molecular weight is 360 g/mol. The van der Waals surface area contributed by atoms with Crippen LogP contribution in [0.1, 0.15) is 28.4 Å². The fourth-order valence-corrected chi connectivity index (χ4v) is 3.18. The van der Waals surface area contributed by atoms with E-state index < -0.39 is 0 Å². The highest BCUT2D eigenvalue weighted by atomic mass is 16.3. The summed E-state index contributed by atoms with van der Waals surface area (Å²) in [6, 6.07) is 34.7. The van der Waals surface area contributed by atoms with Gasteiger partial charge in [-0.2, -0.15) is 0 Å². The largest absolute Gasteiger partial charge is 0.468 e. The zero-order chi connectivity index (χ0) is 19.0. The van der Waals surface area contributed by atoms with Gasteiger partial charge in [0.1, 0.15) is 5.76 Å². The maximum atomic E-state index is 5.81. The lowest BCUT2D eigenvalue weighted by Crippen LogP contribution is -2.03. The second kappa shape index (κ2) is 8.75. The molecule has 0 amide bonds. The van der Waals surface area contributed by atoms with E-state index in [1.165, 1.54) is 0 Å². The SMILES string of the molecule is C(#Cc1ccccc1)/C(=C\c1ccccc1)C(c1ccccc1)c1ccco1. The molecule has 0 N–H and O–H groups in total. The Morgan fingerprint density at radius 1 is 0.714 bits per heavy atom. The molecule has 1 unspecified atom stereocenters. The van der Waals surface area contributed by atoms with Crippen molar-refractivity contribution in [2.24, 2.45) is 0 Å². The van der Waals surface area contributed by atoms with E-state index in [9.17, 15) is 0 Å². The summed E-state index contributed by atoms with van der Waals surface area (Å²) in [5.74, 6) is 7.56. The summed E-state index contributed by atoms with van der Waals surface area (Å²) in [5.41, 5.74) is 4.26. The third kappa shape index (κ3) is 4.31. The summed E-state index contributed by atoms with van der Waals surface area (Å²) in [4.78, 5) is 0. The van der Waals surface area contributed by atoms with E-state index in [0.717, 1.165) is 28.0 Å². The molecule has 0 bridgehead atoms. The van der Waals surface area contributed by atoms with Crippen molar-refractivity contribution < 1.29 is 4.42 Å². The molecule has 4 rings (SSSR count). The lowest BCUT2D eigenvalue weighted by molar-refractivity contribution is 0.504. The summed E-state index contributed by atoms with van der Waals surface area (Å²) in [7, 11) is 0. The first-order valence-corrected chi connectivity index (χ1v) is 9.32. The molecule has 1 aromatic heterocycles. The summed E-state index contributed by atoms with van der Waals surface area (Å²) in [6.07, 6.45) is 3.87. The Morgan fingerprint density at radius 3 is 2.00 bits per heavy atom. The van der Waals surface area contributed by atoms with E-state index in [4.69, 9.17) is 4.42 Å². The van der Waals surface area contributed by atoms with Crippen LogP contribution in [0.3, 0.4) is 0 Å². The average Bonchev–Trinajstić information content (AvgIpc) is 3.29. The van der Waals surface area contributed by atoms with Gasteiger partial charge in [0.05, 0.1) is 12.2 Å². The van der Waals surface area contributed by atoms with Gasteiger partial charge in [-0.3, -0.25) is 0 Å². The van der Waals surface area contributed by atoms with E-state index in [2.05, 4.69) is 54.3 Å². The minimum atomic E-state index is -0.0624. The van der Waals surface area contributed by atoms with E-state index in [1.54, 1.807) is 6.26 Å². The molecule has 28 heavy (non-hydrogen) atoms. The van der Waals surface area contributed by atoms with Crippen molar-refractivity contribution in [1.29, 1.82) is 0 Å². The molecule has 0 spiro atoms. The molecular weight excluding hydrogens is 340 g/mol. The topological polar surface area (TPSA) is 13.1 Å². The van der Waals surface area contributed by atoms with Gasteiger partial charge in [0.2, 0.25) is 0 Å². The quantitative estimate of drug-likeness (QED) is 0.376. The molecule has 0 aliphatic heterocycles.